The van der Waals surface area contributed by atoms with Gasteiger partial charge in [-0.15, -0.1) is 0 Å². The van der Waals surface area contributed by atoms with Crippen LogP contribution in [0.15, 0.2) is 48.8 Å². The molecule has 0 aliphatic heterocycles. The zero-order valence-corrected chi connectivity index (χ0v) is 14.2. The van der Waals surface area contributed by atoms with Gasteiger partial charge >= 0.3 is 0 Å². The van der Waals surface area contributed by atoms with Gasteiger partial charge in [-0.3, -0.25) is 0 Å². The van der Waals surface area contributed by atoms with E-state index < -0.39 is 0 Å². The van der Waals surface area contributed by atoms with E-state index in [-0.39, 0.29) is 0 Å². The molecule has 0 spiro atoms. The number of aryl methyl sites for hydroxylation is 2. The number of hydrogen-bond acceptors (Lipinski definition) is 5. The highest BCUT2D eigenvalue weighted by molar-refractivity contribution is 6.30. The van der Waals surface area contributed by atoms with Crippen LogP contribution in [-0.4, -0.2) is 9.97 Å². The van der Waals surface area contributed by atoms with E-state index in [9.17, 15) is 0 Å². The summed E-state index contributed by atoms with van der Waals surface area (Å²) in [7, 11) is 0. The summed E-state index contributed by atoms with van der Waals surface area (Å²) >= 11 is 6.00. The number of rotatable bonds is 4. The van der Waals surface area contributed by atoms with Crippen molar-refractivity contribution < 1.29 is 0 Å². The highest BCUT2D eigenvalue weighted by Crippen LogP contribution is 2.29. The molecule has 3 rings (SSSR count). The van der Waals surface area contributed by atoms with E-state index in [4.69, 9.17) is 17.3 Å². The second kappa shape index (κ2) is 6.76. The van der Waals surface area contributed by atoms with E-state index in [0.29, 0.717) is 22.3 Å². The first-order chi connectivity index (χ1) is 11.5. The summed E-state index contributed by atoms with van der Waals surface area (Å²) in [5, 5.41) is 7.07. The number of nitrogens with one attached hydrogen (secondary N) is 2. The Balaban J connectivity index is 1.88. The van der Waals surface area contributed by atoms with Crippen molar-refractivity contribution in [3.8, 4) is 0 Å². The number of anilines is 5. The molecule has 1 aromatic heterocycles. The van der Waals surface area contributed by atoms with Crippen LogP contribution in [0.4, 0.5) is 28.7 Å². The number of benzene rings is 2. The molecule has 122 valence electrons. The Morgan fingerprint density at radius 3 is 2.42 bits per heavy atom. The Morgan fingerprint density at radius 1 is 0.958 bits per heavy atom. The molecule has 0 atom stereocenters. The van der Waals surface area contributed by atoms with E-state index in [0.717, 1.165) is 16.9 Å². The summed E-state index contributed by atoms with van der Waals surface area (Å²) in [4.78, 5) is 8.46. The Morgan fingerprint density at radius 2 is 1.71 bits per heavy atom. The van der Waals surface area contributed by atoms with Gasteiger partial charge in [0.15, 0.2) is 11.6 Å². The van der Waals surface area contributed by atoms with Crippen LogP contribution in [-0.2, 0) is 0 Å². The predicted octanol–water partition coefficient (Wildman–Crippen LogP) is 4.82. The lowest BCUT2D eigenvalue weighted by Crippen LogP contribution is -2.05. The van der Waals surface area contributed by atoms with Crippen molar-refractivity contribution in [2.24, 2.45) is 0 Å². The molecule has 0 bridgehead atoms. The maximum atomic E-state index is 6.21. The quantitative estimate of drug-likeness (QED) is 0.635. The number of nitrogen functional groups attached to an aromatic ring is 1. The van der Waals surface area contributed by atoms with Gasteiger partial charge in [-0.1, -0.05) is 35.4 Å². The van der Waals surface area contributed by atoms with Gasteiger partial charge in [0.05, 0.1) is 0 Å². The minimum absolute atomic E-state index is 0.442. The average molecular weight is 340 g/mol. The Labute approximate surface area is 145 Å². The number of nitrogens with two attached hydrogens (primary N) is 1. The molecule has 0 fully saturated rings. The lowest BCUT2D eigenvalue weighted by Gasteiger charge is -2.14. The molecule has 0 saturated carbocycles. The van der Waals surface area contributed by atoms with E-state index >= 15 is 0 Å². The van der Waals surface area contributed by atoms with Gasteiger partial charge in [0, 0.05) is 16.4 Å². The van der Waals surface area contributed by atoms with Crippen LogP contribution < -0.4 is 16.4 Å². The molecule has 6 heteroatoms. The van der Waals surface area contributed by atoms with E-state index in [1.807, 2.05) is 37.3 Å². The third-order valence-electron chi connectivity index (χ3n) is 3.61. The molecule has 2 aromatic carbocycles. The first-order valence-electron chi connectivity index (χ1n) is 7.50. The normalized spacial score (nSPS) is 10.5. The molecule has 0 aliphatic rings. The highest BCUT2D eigenvalue weighted by atomic mass is 35.5. The molecule has 3 aromatic rings. The minimum atomic E-state index is 0.442. The molecule has 0 unspecified atom stereocenters. The van der Waals surface area contributed by atoms with Crippen molar-refractivity contribution in [3.63, 3.8) is 0 Å². The number of hydrogen-bond donors (Lipinski definition) is 3. The van der Waals surface area contributed by atoms with Gasteiger partial charge in [0.25, 0.3) is 0 Å². The maximum absolute atomic E-state index is 6.21. The van der Waals surface area contributed by atoms with E-state index in [1.165, 1.54) is 11.9 Å². The molecule has 0 aliphatic carbocycles. The van der Waals surface area contributed by atoms with Crippen molar-refractivity contribution in [1.82, 2.24) is 9.97 Å². The predicted molar refractivity (Wildman–Crippen MR) is 100 cm³/mol. The molecule has 4 N–H and O–H groups in total. The topological polar surface area (TPSA) is 75.9 Å². The van der Waals surface area contributed by atoms with Crippen LogP contribution in [0.3, 0.4) is 0 Å². The molecule has 0 radical (unpaired) electrons. The van der Waals surface area contributed by atoms with Gasteiger partial charge in [-0.25, -0.2) is 9.97 Å². The van der Waals surface area contributed by atoms with Crippen molar-refractivity contribution in [2.75, 3.05) is 16.4 Å². The fourth-order valence-corrected chi connectivity index (χ4v) is 2.57. The molecule has 0 saturated heterocycles. The van der Waals surface area contributed by atoms with Gasteiger partial charge in [0.2, 0.25) is 0 Å². The fraction of sp³-hybridized carbons (Fsp3) is 0.111. The highest BCUT2D eigenvalue weighted by Gasteiger charge is 2.10. The lowest BCUT2D eigenvalue weighted by atomic mass is 10.1. The third kappa shape index (κ3) is 3.58. The SMILES string of the molecule is Cc1ccc(Nc2ncnc(Nc3cccc(Cl)c3)c2N)c(C)c1. The zero-order chi connectivity index (χ0) is 17.1. The van der Waals surface area contributed by atoms with Crippen LogP contribution in [0.2, 0.25) is 5.02 Å². The van der Waals surface area contributed by atoms with E-state index in [2.05, 4.69) is 33.6 Å². The Kier molecular flexibility index (Phi) is 4.53. The fourth-order valence-electron chi connectivity index (χ4n) is 2.38. The molecule has 24 heavy (non-hydrogen) atoms. The van der Waals surface area contributed by atoms with Gasteiger partial charge < -0.3 is 16.4 Å². The smallest absolute Gasteiger partial charge is 0.159 e. The summed E-state index contributed by atoms with van der Waals surface area (Å²) in [6, 6.07) is 13.5. The molecule has 1 heterocycles. The van der Waals surface area contributed by atoms with Crippen LogP contribution >= 0.6 is 11.6 Å². The van der Waals surface area contributed by atoms with Crippen molar-refractivity contribution in [3.05, 3.63) is 64.9 Å². The van der Waals surface area contributed by atoms with Gasteiger partial charge in [0.1, 0.15) is 12.0 Å². The average Bonchev–Trinajstić information content (AvgIpc) is 2.54. The minimum Gasteiger partial charge on any atom is -0.393 e. The summed E-state index contributed by atoms with van der Waals surface area (Å²) < 4.78 is 0. The second-order valence-corrected chi connectivity index (χ2v) is 6.00. The Hall–Kier alpha value is -2.79. The molecule has 0 amide bonds. The van der Waals surface area contributed by atoms with Gasteiger partial charge in [-0.05, 0) is 43.7 Å². The van der Waals surface area contributed by atoms with Crippen molar-refractivity contribution in [1.29, 1.82) is 0 Å². The molecular weight excluding hydrogens is 322 g/mol. The van der Waals surface area contributed by atoms with Crippen LogP contribution in [0.5, 0.6) is 0 Å². The number of aromatic nitrogens is 2. The summed E-state index contributed by atoms with van der Waals surface area (Å²) in [5.74, 6) is 1.08. The molecule has 5 nitrogen and oxygen atoms in total. The zero-order valence-electron chi connectivity index (χ0n) is 13.5. The van der Waals surface area contributed by atoms with Crippen molar-refractivity contribution in [2.45, 2.75) is 13.8 Å². The van der Waals surface area contributed by atoms with E-state index in [1.54, 1.807) is 6.07 Å². The largest absolute Gasteiger partial charge is 0.393 e. The standard InChI is InChI=1S/C18H18ClN5/c1-11-6-7-15(12(2)8-11)24-18-16(20)17(21-10-22-18)23-14-5-3-4-13(19)9-14/h3-10H,20H2,1-2H3,(H2,21,22,23,24). The van der Waals surface area contributed by atoms with Crippen LogP contribution in [0.25, 0.3) is 0 Å². The summed E-state index contributed by atoms with van der Waals surface area (Å²) in [5.41, 5.74) is 10.8. The van der Waals surface area contributed by atoms with Crippen molar-refractivity contribution >= 4 is 40.3 Å². The Bertz CT molecular complexity index is 879. The monoisotopic (exact) mass is 339 g/mol. The summed E-state index contributed by atoms with van der Waals surface area (Å²) in [6.07, 6.45) is 1.47. The summed E-state index contributed by atoms with van der Waals surface area (Å²) in [6.45, 7) is 4.10. The molecular formula is C18H18ClN5. The maximum Gasteiger partial charge on any atom is 0.159 e. The third-order valence-corrected chi connectivity index (χ3v) is 3.84. The number of halogens is 1. The van der Waals surface area contributed by atoms with Crippen LogP contribution in [0.1, 0.15) is 11.1 Å². The van der Waals surface area contributed by atoms with Crippen LogP contribution in [0, 0.1) is 13.8 Å². The van der Waals surface area contributed by atoms with Gasteiger partial charge in [-0.2, -0.15) is 0 Å². The lowest BCUT2D eigenvalue weighted by molar-refractivity contribution is 1.17. The second-order valence-electron chi connectivity index (χ2n) is 5.56. The first-order valence-corrected chi connectivity index (χ1v) is 7.88. The first kappa shape index (κ1) is 16.1. The number of nitrogens with zero attached hydrogens (tertiary/aromatic N) is 2.